The lowest BCUT2D eigenvalue weighted by atomic mass is 10.0. The summed E-state index contributed by atoms with van der Waals surface area (Å²) >= 11 is 0. The minimum absolute atomic E-state index is 0.187. The Kier molecular flexibility index (Phi) is 9.41. The van der Waals surface area contributed by atoms with E-state index in [4.69, 9.17) is 0 Å². The number of rotatable bonds is 8. The number of amides is 4. The van der Waals surface area contributed by atoms with Crippen molar-refractivity contribution in [3.05, 3.63) is 207 Å². The van der Waals surface area contributed by atoms with Crippen molar-refractivity contribution in [2.24, 2.45) is 0 Å². The van der Waals surface area contributed by atoms with Crippen LogP contribution in [0.25, 0.3) is 23.0 Å². The summed E-state index contributed by atoms with van der Waals surface area (Å²) in [6, 6.07) is 41.6. The molecule has 1 saturated heterocycles. The molecule has 0 spiro atoms. The average Bonchev–Trinajstić information content (AvgIpc) is 3.19. The number of benzene rings is 5. The topological polar surface area (TPSA) is 122 Å². The van der Waals surface area contributed by atoms with E-state index in [0.717, 1.165) is 18.9 Å². The van der Waals surface area contributed by atoms with Gasteiger partial charge < -0.3 is 5.11 Å². The Morgan fingerprint density at radius 3 is 1.40 bits per heavy atom. The third-order valence-electron chi connectivity index (χ3n) is 8.54. The number of imide groups is 2. The number of urea groups is 1. The van der Waals surface area contributed by atoms with E-state index in [2.05, 4.69) is 0 Å². The van der Waals surface area contributed by atoms with Gasteiger partial charge in [0, 0.05) is 0 Å². The number of nitrogens with zero attached hydrogens (tertiary/aromatic N) is 4. The lowest BCUT2D eigenvalue weighted by Crippen LogP contribution is -2.57. The maximum Gasteiger partial charge on any atom is 0.343 e. The van der Waals surface area contributed by atoms with E-state index in [0.29, 0.717) is 22.5 Å². The first-order valence-corrected chi connectivity index (χ1v) is 16.6. The molecule has 258 valence electrons. The first-order chi connectivity index (χ1) is 25.8. The molecular formula is C43H30N4O6. The molecule has 7 rings (SSSR count). The van der Waals surface area contributed by atoms with Crippen molar-refractivity contribution >= 4 is 40.9 Å². The summed E-state index contributed by atoms with van der Waals surface area (Å²) in [6.45, 7) is 0. The van der Waals surface area contributed by atoms with Crippen molar-refractivity contribution in [2.75, 3.05) is 9.80 Å². The fourth-order valence-corrected chi connectivity index (χ4v) is 5.96. The molecule has 0 unspecified atom stereocenters. The average molecular weight is 699 g/mol. The summed E-state index contributed by atoms with van der Waals surface area (Å²) in [5.74, 6) is -2.21. The number of para-hydroxylation sites is 4. The molecule has 0 atom stereocenters. The third-order valence-corrected chi connectivity index (χ3v) is 8.54. The van der Waals surface area contributed by atoms with Gasteiger partial charge in [0.2, 0.25) is 5.88 Å². The van der Waals surface area contributed by atoms with Crippen molar-refractivity contribution in [3.8, 4) is 17.3 Å². The van der Waals surface area contributed by atoms with Gasteiger partial charge in [-0.25, -0.2) is 28.5 Å². The lowest BCUT2D eigenvalue weighted by molar-refractivity contribution is -0.121. The highest BCUT2D eigenvalue weighted by atomic mass is 16.3. The van der Waals surface area contributed by atoms with Crippen LogP contribution in [0.5, 0.6) is 5.88 Å². The summed E-state index contributed by atoms with van der Waals surface area (Å²) in [5.41, 5.74) is 0.302. The number of carbonyl (C=O) groups excluding carboxylic acids is 3. The van der Waals surface area contributed by atoms with Gasteiger partial charge in [0.25, 0.3) is 17.4 Å². The first-order valence-electron chi connectivity index (χ1n) is 16.6. The van der Waals surface area contributed by atoms with Crippen molar-refractivity contribution in [3.63, 3.8) is 0 Å². The molecule has 0 aliphatic carbocycles. The van der Waals surface area contributed by atoms with Gasteiger partial charge in [-0.15, -0.1) is 0 Å². The van der Waals surface area contributed by atoms with Gasteiger partial charge in [-0.3, -0.25) is 14.4 Å². The molecule has 1 N–H and O–H groups in total. The van der Waals surface area contributed by atoms with Crippen LogP contribution in [0.15, 0.2) is 185 Å². The molecule has 1 aliphatic heterocycles. The van der Waals surface area contributed by atoms with E-state index >= 15 is 0 Å². The van der Waals surface area contributed by atoms with E-state index in [1.54, 1.807) is 152 Å². The summed E-state index contributed by atoms with van der Waals surface area (Å²) in [7, 11) is 0. The van der Waals surface area contributed by atoms with Gasteiger partial charge in [-0.1, -0.05) is 115 Å². The Bertz CT molecular complexity index is 2480. The number of carbonyl (C=O) groups is 3. The number of hydrogen-bond donors (Lipinski definition) is 1. The highest BCUT2D eigenvalue weighted by Crippen LogP contribution is 2.29. The fourth-order valence-electron chi connectivity index (χ4n) is 5.96. The van der Waals surface area contributed by atoms with Gasteiger partial charge in [-0.2, -0.15) is 0 Å². The third kappa shape index (κ3) is 6.55. The normalized spacial score (nSPS) is 13.5. The molecule has 0 saturated carbocycles. The van der Waals surface area contributed by atoms with Crippen molar-refractivity contribution < 1.29 is 19.5 Å². The molecule has 0 radical (unpaired) electrons. The smallest absolute Gasteiger partial charge is 0.343 e. The quantitative estimate of drug-likeness (QED) is 0.105. The Hall–Kier alpha value is -7.59. The van der Waals surface area contributed by atoms with Crippen LogP contribution in [0.1, 0.15) is 11.1 Å². The lowest BCUT2D eigenvalue weighted by Gasteiger charge is -2.33. The molecule has 1 aliphatic rings. The Balaban J connectivity index is 1.39. The number of hydrogen-bond acceptors (Lipinski definition) is 6. The van der Waals surface area contributed by atoms with Crippen LogP contribution in [-0.2, 0) is 9.59 Å². The zero-order valence-corrected chi connectivity index (χ0v) is 28.0. The highest BCUT2D eigenvalue weighted by molar-refractivity contribution is 6.45. The van der Waals surface area contributed by atoms with Crippen molar-refractivity contribution in [2.45, 2.75) is 0 Å². The number of aromatic nitrogens is 2. The summed E-state index contributed by atoms with van der Waals surface area (Å²) in [5, 5.41) is 11.5. The van der Waals surface area contributed by atoms with E-state index in [1.165, 1.54) is 18.2 Å². The Morgan fingerprint density at radius 1 is 0.509 bits per heavy atom. The molecule has 5 aromatic carbocycles. The molecule has 6 aromatic rings. The zero-order valence-electron chi connectivity index (χ0n) is 28.0. The minimum Gasteiger partial charge on any atom is -0.494 e. The Morgan fingerprint density at radius 2 is 0.925 bits per heavy atom. The van der Waals surface area contributed by atoms with Gasteiger partial charge in [-0.05, 0) is 71.8 Å². The van der Waals surface area contributed by atoms with Gasteiger partial charge in [0.15, 0.2) is 0 Å². The predicted octanol–water partition coefficient (Wildman–Crippen LogP) is 6.92. The van der Waals surface area contributed by atoms with E-state index in [-0.39, 0.29) is 22.5 Å². The molecule has 2 heterocycles. The van der Waals surface area contributed by atoms with Gasteiger partial charge in [0.1, 0.15) is 11.1 Å². The first kappa shape index (κ1) is 33.9. The fraction of sp³-hybridized carbons (Fsp3) is 0. The van der Waals surface area contributed by atoms with Crippen LogP contribution in [-0.4, -0.2) is 32.1 Å². The van der Waals surface area contributed by atoms with E-state index in [1.807, 2.05) is 6.07 Å². The van der Waals surface area contributed by atoms with Gasteiger partial charge in [0.05, 0.1) is 22.7 Å². The number of allylic oxidation sites excluding steroid dienone is 4. The standard InChI is InChI=1S/C43H30N4O6/c48-38-36(39(49)45(33-20-10-3-11-21-33)42(52)44(38)32-18-8-2-9-19-32)28-26-31(30-16-6-1-7-17-30)27-29-37-40(50)46(34-22-12-4-13-23-34)43(53)47(41(37)51)35-24-14-5-15-25-35/h1-29,48H. The maximum atomic E-state index is 14.0. The van der Waals surface area contributed by atoms with Crippen LogP contribution in [0.4, 0.5) is 16.2 Å². The van der Waals surface area contributed by atoms with Crippen molar-refractivity contribution in [1.29, 1.82) is 0 Å². The summed E-state index contributed by atoms with van der Waals surface area (Å²) in [4.78, 5) is 71.3. The second kappa shape index (κ2) is 14.7. The molecule has 10 nitrogen and oxygen atoms in total. The second-order valence-electron chi connectivity index (χ2n) is 11.8. The highest BCUT2D eigenvalue weighted by Gasteiger charge is 2.43. The van der Waals surface area contributed by atoms with Crippen LogP contribution in [0.2, 0.25) is 0 Å². The maximum absolute atomic E-state index is 14.0. The van der Waals surface area contributed by atoms with Crippen LogP contribution >= 0.6 is 0 Å². The number of anilines is 2. The Labute approximate surface area is 303 Å². The van der Waals surface area contributed by atoms with Crippen LogP contribution in [0.3, 0.4) is 0 Å². The zero-order chi connectivity index (χ0) is 36.9. The SMILES string of the molecule is O=C1C(=CC=C(C=Cc2c(O)n(-c3ccccc3)c(=O)n(-c3ccccc3)c2=O)c2ccccc2)C(=O)N(c2ccccc2)C(=O)N1c1ccccc1. The number of aromatic hydroxyl groups is 1. The molecule has 4 amide bonds. The van der Waals surface area contributed by atoms with E-state index in [9.17, 15) is 29.1 Å². The molecule has 53 heavy (non-hydrogen) atoms. The second-order valence-corrected chi connectivity index (χ2v) is 11.8. The number of barbiturate groups is 1. The largest absolute Gasteiger partial charge is 0.494 e. The predicted molar refractivity (Wildman–Crippen MR) is 204 cm³/mol. The molecular weight excluding hydrogens is 668 g/mol. The van der Waals surface area contributed by atoms with E-state index < -0.39 is 35.0 Å². The minimum atomic E-state index is -0.819. The monoisotopic (exact) mass is 698 g/mol. The van der Waals surface area contributed by atoms with Gasteiger partial charge >= 0.3 is 11.7 Å². The molecule has 0 bridgehead atoms. The molecule has 10 heteroatoms. The van der Waals surface area contributed by atoms with Crippen molar-refractivity contribution in [1.82, 2.24) is 9.13 Å². The molecule has 1 fully saturated rings. The summed E-state index contributed by atoms with van der Waals surface area (Å²) in [6.07, 6.45) is 5.79. The summed E-state index contributed by atoms with van der Waals surface area (Å²) < 4.78 is 2.03. The van der Waals surface area contributed by atoms with Crippen LogP contribution in [0, 0.1) is 0 Å². The van der Waals surface area contributed by atoms with Crippen LogP contribution < -0.4 is 21.0 Å². The molecule has 1 aromatic heterocycles.